The van der Waals surface area contributed by atoms with Gasteiger partial charge in [-0.2, -0.15) is 0 Å². The molecule has 2 N–H and O–H groups in total. The van der Waals surface area contributed by atoms with E-state index in [4.69, 9.17) is 5.11 Å². The Hall–Kier alpha value is -1.88. The molecule has 1 aromatic carbocycles. The zero-order valence-electron chi connectivity index (χ0n) is 11.0. The molecule has 5 heteroatoms. The first kappa shape index (κ1) is 13.5. The van der Waals surface area contributed by atoms with Crippen LogP contribution in [-0.2, 0) is 17.8 Å². The second-order valence-electron chi connectivity index (χ2n) is 4.63. The molecule has 0 fully saturated rings. The first-order valence-corrected chi connectivity index (χ1v) is 6.45. The first-order valence-electron chi connectivity index (χ1n) is 6.45. The van der Waals surface area contributed by atoms with Gasteiger partial charge in [0.25, 0.3) is 0 Å². The number of hydrogen-bond acceptors (Lipinski definition) is 3. The van der Waals surface area contributed by atoms with Crippen molar-refractivity contribution in [1.82, 2.24) is 10.2 Å². The zero-order valence-corrected chi connectivity index (χ0v) is 11.0. The Morgan fingerprint density at radius 3 is 2.84 bits per heavy atom. The Labute approximate surface area is 112 Å². The molecular formula is C14H18N2O3. The van der Waals surface area contributed by atoms with Crippen molar-refractivity contribution in [3.05, 3.63) is 34.9 Å². The Bertz CT molecular complexity index is 499. The first-order chi connectivity index (χ1) is 9.11. The van der Waals surface area contributed by atoms with E-state index in [1.807, 2.05) is 13.0 Å². The fourth-order valence-corrected chi connectivity index (χ4v) is 2.25. The molecule has 0 radical (unpaired) electrons. The van der Waals surface area contributed by atoms with Crippen LogP contribution < -0.4 is 5.32 Å². The zero-order chi connectivity index (χ0) is 13.8. The lowest BCUT2D eigenvalue weighted by molar-refractivity contribution is -0.131. The summed E-state index contributed by atoms with van der Waals surface area (Å²) in [5, 5.41) is 12.0. The van der Waals surface area contributed by atoms with E-state index < -0.39 is 5.97 Å². The monoisotopic (exact) mass is 262 g/mol. The molecule has 0 bridgehead atoms. The molecule has 1 aliphatic rings. The van der Waals surface area contributed by atoms with Gasteiger partial charge >= 0.3 is 5.97 Å². The molecule has 5 nitrogen and oxygen atoms in total. The Morgan fingerprint density at radius 1 is 1.37 bits per heavy atom. The fraction of sp³-hybridized carbons (Fsp3) is 0.429. The summed E-state index contributed by atoms with van der Waals surface area (Å²) in [4.78, 5) is 24.7. The van der Waals surface area contributed by atoms with Crippen LogP contribution >= 0.6 is 0 Å². The Balaban J connectivity index is 2.11. The predicted molar refractivity (Wildman–Crippen MR) is 71.1 cm³/mol. The summed E-state index contributed by atoms with van der Waals surface area (Å²) >= 11 is 0. The molecule has 1 amide bonds. The number of aromatic carboxylic acids is 1. The number of rotatable bonds is 4. The average Bonchev–Trinajstić information content (AvgIpc) is 2.43. The third-order valence-electron chi connectivity index (χ3n) is 3.34. The SMILES string of the molecule is CCNCC(=O)N1CCc2ccc(C(=O)O)cc2C1. The molecule has 1 aromatic rings. The number of carbonyl (C=O) groups is 2. The van der Waals surface area contributed by atoms with Crippen LogP contribution in [0.15, 0.2) is 18.2 Å². The second kappa shape index (κ2) is 5.84. The Morgan fingerprint density at radius 2 is 2.16 bits per heavy atom. The van der Waals surface area contributed by atoms with E-state index in [0.717, 1.165) is 24.1 Å². The van der Waals surface area contributed by atoms with Gasteiger partial charge in [-0.25, -0.2) is 4.79 Å². The van der Waals surface area contributed by atoms with E-state index in [0.29, 0.717) is 19.6 Å². The Kier molecular flexibility index (Phi) is 4.16. The minimum Gasteiger partial charge on any atom is -0.478 e. The van der Waals surface area contributed by atoms with Crippen molar-refractivity contribution in [2.24, 2.45) is 0 Å². The van der Waals surface area contributed by atoms with Gasteiger partial charge in [-0.05, 0) is 36.2 Å². The van der Waals surface area contributed by atoms with Crippen LogP contribution in [0.5, 0.6) is 0 Å². The molecule has 0 atom stereocenters. The van der Waals surface area contributed by atoms with E-state index in [-0.39, 0.29) is 11.5 Å². The van der Waals surface area contributed by atoms with E-state index in [9.17, 15) is 9.59 Å². The van der Waals surface area contributed by atoms with Crippen LogP contribution in [0.25, 0.3) is 0 Å². The van der Waals surface area contributed by atoms with Gasteiger partial charge in [0.2, 0.25) is 5.91 Å². The number of carbonyl (C=O) groups excluding carboxylic acids is 1. The molecule has 2 rings (SSSR count). The van der Waals surface area contributed by atoms with Gasteiger partial charge in [0.05, 0.1) is 12.1 Å². The summed E-state index contributed by atoms with van der Waals surface area (Å²) in [5.74, 6) is -0.868. The van der Waals surface area contributed by atoms with Gasteiger partial charge in [-0.3, -0.25) is 4.79 Å². The normalized spacial score (nSPS) is 14.1. The van der Waals surface area contributed by atoms with Crippen molar-refractivity contribution in [3.8, 4) is 0 Å². The predicted octanol–water partition coefficient (Wildman–Crippen LogP) is 0.879. The van der Waals surface area contributed by atoms with Crippen molar-refractivity contribution in [3.63, 3.8) is 0 Å². The highest BCUT2D eigenvalue weighted by molar-refractivity contribution is 5.88. The molecule has 0 spiro atoms. The van der Waals surface area contributed by atoms with Gasteiger partial charge in [0.15, 0.2) is 0 Å². The fourth-order valence-electron chi connectivity index (χ4n) is 2.25. The molecule has 0 saturated carbocycles. The maximum Gasteiger partial charge on any atom is 0.335 e. The lowest BCUT2D eigenvalue weighted by atomic mass is 9.97. The van der Waals surface area contributed by atoms with Gasteiger partial charge in [-0.15, -0.1) is 0 Å². The number of nitrogens with zero attached hydrogens (tertiary/aromatic N) is 1. The van der Waals surface area contributed by atoms with E-state index in [1.54, 1.807) is 17.0 Å². The van der Waals surface area contributed by atoms with Gasteiger partial charge in [-0.1, -0.05) is 13.0 Å². The topological polar surface area (TPSA) is 69.6 Å². The van der Waals surface area contributed by atoms with E-state index in [1.165, 1.54) is 0 Å². The summed E-state index contributed by atoms with van der Waals surface area (Å²) in [6, 6.07) is 5.15. The van der Waals surface area contributed by atoms with E-state index in [2.05, 4.69) is 5.32 Å². The number of likely N-dealkylation sites (N-methyl/N-ethyl adjacent to an activating group) is 1. The smallest absolute Gasteiger partial charge is 0.335 e. The summed E-state index contributed by atoms with van der Waals surface area (Å²) in [5.41, 5.74) is 2.35. The maximum absolute atomic E-state index is 11.9. The molecule has 0 unspecified atom stereocenters. The minimum absolute atomic E-state index is 0.0632. The summed E-state index contributed by atoms with van der Waals surface area (Å²) in [7, 11) is 0. The van der Waals surface area contributed by atoms with Crippen LogP contribution in [0.3, 0.4) is 0 Å². The average molecular weight is 262 g/mol. The van der Waals surface area contributed by atoms with Crippen molar-refractivity contribution < 1.29 is 14.7 Å². The van der Waals surface area contributed by atoms with Gasteiger partial charge < -0.3 is 15.3 Å². The highest BCUT2D eigenvalue weighted by Crippen LogP contribution is 2.20. The van der Waals surface area contributed by atoms with Gasteiger partial charge in [0.1, 0.15) is 0 Å². The maximum atomic E-state index is 11.9. The van der Waals surface area contributed by atoms with Crippen LogP contribution in [0.1, 0.15) is 28.4 Å². The molecule has 19 heavy (non-hydrogen) atoms. The van der Waals surface area contributed by atoms with Crippen LogP contribution in [0.2, 0.25) is 0 Å². The number of benzene rings is 1. The summed E-state index contributed by atoms with van der Waals surface area (Å²) in [6.45, 7) is 4.26. The molecule has 0 aromatic heterocycles. The van der Waals surface area contributed by atoms with Gasteiger partial charge in [0, 0.05) is 13.1 Å². The molecule has 1 aliphatic heterocycles. The standard InChI is InChI=1S/C14H18N2O3/c1-2-15-8-13(17)16-6-5-10-3-4-11(14(18)19)7-12(10)9-16/h3-4,7,15H,2,5-6,8-9H2,1H3,(H,18,19). The summed E-state index contributed by atoms with van der Waals surface area (Å²) in [6.07, 6.45) is 0.785. The molecule has 102 valence electrons. The number of fused-ring (bicyclic) bond motifs is 1. The molecular weight excluding hydrogens is 244 g/mol. The lowest BCUT2D eigenvalue weighted by Crippen LogP contribution is -2.41. The second-order valence-corrected chi connectivity index (χ2v) is 4.63. The van der Waals surface area contributed by atoms with Crippen molar-refractivity contribution in [2.75, 3.05) is 19.6 Å². The number of carboxylic acid groups (broad SMARTS) is 1. The van der Waals surface area contributed by atoms with Crippen molar-refractivity contribution in [1.29, 1.82) is 0 Å². The highest BCUT2D eigenvalue weighted by atomic mass is 16.4. The largest absolute Gasteiger partial charge is 0.478 e. The number of amides is 1. The third-order valence-corrected chi connectivity index (χ3v) is 3.34. The van der Waals surface area contributed by atoms with Crippen molar-refractivity contribution >= 4 is 11.9 Å². The molecule has 0 aliphatic carbocycles. The van der Waals surface area contributed by atoms with Crippen molar-refractivity contribution in [2.45, 2.75) is 19.9 Å². The molecule has 0 saturated heterocycles. The number of nitrogens with one attached hydrogen (secondary N) is 1. The highest BCUT2D eigenvalue weighted by Gasteiger charge is 2.21. The summed E-state index contributed by atoms with van der Waals surface area (Å²) < 4.78 is 0. The minimum atomic E-state index is -0.932. The third kappa shape index (κ3) is 3.12. The van der Waals surface area contributed by atoms with Crippen LogP contribution in [0.4, 0.5) is 0 Å². The lowest BCUT2D eigenvalue weighted by Gasteiger charge is -2.29. The number of hydrogen-bond donors (Lipinski definition) is 2. The molecule has 1 heterocycles. The number of carboxylic acids is 1. The quantitative estimate of drug-likeness (QED) is 0.845. The van der Waals surface area contributed by atoms with Crippen LogP contribution in [0, 0.1) is 0 Å². The van der Waals surface area contributed by atoms with E-state index >= 15 is 0 Å². The van der Waals surface area contributed by atoms with Crippen LogP contribution in [-0.4, -0.2) is 41.5 Å².